The second-order valence-corrected chi connectivity index (χ2v) is 4.40. The fourth-order valence-electron chi connectivity index (χ4n) is 1.44. The van der Waals surface area contributed by atoms with Crippen LogP contribution in [-0.4, -0.2) is 15.1 Å². The van der Waals surface area contributed by atoms with E-state index >= 15 is 0 Å². The van der Waals surface area contributed by atoms with Crippen molar-refractivity contribution in [1.29, 1.82) is 0 Å². The van der Waals surface area contributed by atoms with Crippen molar-refractivity contribution in [2.75, 3.05) is 0 Å². The van der Waals surface area contributed by atoms with Crippen molar-refractivity contribution in [3.05, 3.63) is 50.6 Å². The summed E-state index contributed by atoms with van der Waals surface area (Å²) in [6, 6.07) is 4.94. The SMILES string of the molecule is O=[N+]([O-])c1cc(Br)ccc1CNCc1ncon1. The highest BCUT2D eigenvalue weighted by molar-refractivity contribution is 9.10. The van der Waals surface area contributed by atoms with Crippen LogP contribution in [-0.2, 0) is 13.1 Å². The number of aromatic nitrogens is 2. The van der Waals surface area contributed by atoms with Crippen LogP contribution >= 0.6 is 15.9 Å². The Labute approximate surface area is 110 Å². The van der Waals surface area contributed by atoms with Crippen molar-refractivity contribution < 1.29 is 9.45 Å². The minimum absolute atomic E-state index is 0.0741. The molecule has 0 radical (unpaired) electrons. The van der Waals surface area contributed by atoms with Crippen LogP contribution in [0.1, 0.15) is 11.4 Å². The van der Waals surface area contributed by atoms with Gasteiger partial charge in [0.2, 0.25) is 6.39 Å². The Balaban J connectivity index is 2.02. The van der Waals surface area contributed by atoms with Gasteiger partial charge >= 0.3 is 0 Å². The molecule has 8 heteroatoms. The second-order valence-electron chi connectivity index (χ2n) is 3.48. The molecule has 0 saturated heterocycles. The molecule has 2 rings (SSSR count). The summed E-state index contributed by atoms with van der Waals surface area (Å²) in [5, 5.41) is 17.5. The summed E-state index contributed by atoms with van der Waals surface area (Å²) in [5.74, 6) is 0.509. The molecular formula is C10H9BrN4O3. The van der Waals surface area contributed by atoms with Crippen molar-refractivity contribution >= 4 is 21.6 Å². The van der Waals surface area contributed by atoms with Crippen LogP contribution in [0.25, 0.3) is 0 Å². The van der Waals surface area contributed by atoms with Crippen LogP contribution in [0.4, 0.5) is 5.69 Å². The quantitative estimate of drug-likeness (QED) is 0.670. The number of hydrogen-bond donors (Lipinski definition) is 1. The molecule has 7 nitrogen and oxygen atoms in total. The predicted molar refractivity (Wildman–Crippen MR) is 65.6 cm³/mol. The molecule has 0 aliphatic rings. The molecule has 1 heterocycles. The third-order valence-electron chi connectivity index (χ3n) is 2.25. The van der Waals surface area contributed by atoms with E-state index in [1.54, 1.807) is 12.1 Å². The van der Waals surface area contributed by atoms with Gasteiger partial charge in [-0.25, -0.2) is 0 Å². The fraction of sp³-hybridized carbons (Fsp3) is 0.200. The van der Waals surface area contributed by atoms with Crippen LogP contribution in [0.15, 0.2) is 33.6 Å². The topological polar surface area (TPSA) is 94.1 Å². The molecule has 18 heavy (non-hydrogen) atoms. The Kier molecular flexibility index (Phi) is 4.00. The van der Waals surface area contributed by atoms with Crippen molar-refractivity contribution in [2.24, 2.45) is 0 Å². The number of nitro benzene ring substituents is 1. The maximum atomic E-state index is 10.9. The summed E-state index contributed by atoms with van der Waals surface area (Å²) in [6.07, 6.45) is 1.24. The normalized spacial score (nSPS) is 10.5. The number of benzene rings is 1. The second kappa shape index (κ2) is 5.69. The van der Waals surface area contributed by atoms with Gasteiger partial charge in [-0.2, -0.15) is 4.98 Å². The molecule has 0 fully saturated rings. The van der Waals surface area contributed by atoms with Crippen LogP contribution in [0, 0.1) is 10.1 Å². The van der Waals surface area contributed by atoms with Gasteiger partial charge in [0.25, 0.3) is 5.69 Å². The van der Waals surface area contributed by atoms with Crippen LogP contribution in [0.5, 0.6) is 0 Å². The fourth-order valence-corrected chi connectivity index (χ4v) is 1.78. The molecule has 1 aromatic heterocycles. The number of nitrogens with one attached hydrogen (secondary N) is 1. The van der Waals surface area contributed by atoms with Gasteiger partial charge in [0, 0.05) is 22.6 Å². The third kappa shape index (κ3) is 3.11. The van der Waals surface area contributed by atoms with E-state index in [9.17, 15) is 10.1 Å². The lowest BCUT2D eigenvalue weighted by atomic mass is 10.2. The van der Waals surface area contributed by atoms with E-state index in [2.05, 4.69) is 35.9 Å². The van der Waals surface area contributed by atoms with Gasteiger partial charge in [-0.05, 0) is 12.1 Å². The number of nitrogens with zero attached hydrogens (tertiary/aromatic N) is 3. The molecule has 0 spiro atoms. The molecule has 0 atom stereocenters. The number of halogens is 1. The first-order valence-corrected chi connectivity index (χ1v) is 5.85. The summed E-state index contributed by atoms with van der Waals surface area (Å²) in [4.78, 5) is 14.3. The van der Waals surface area contributed by atoms with E-state index < -0.39 is 4.92 Å². The number of nitro groups is 1. The lowest BCUT2D eigenvalue weighted by molar-refractivity contribution is -0.385. The summed E-state index contributed by atoms with van der Waals surface area (Å²) in [5.41, 5.74) is 0.677. The van der Waals surface area contributed by atoms with Crippen LogP contribution in [0.2, 0.25) is 0 Å². The highest BCUT2D eigenvalue weighted by atomic mass is 79.9. The van der Waals surface area contributed by atoms with E-state index in [4.69, 9.17) is 0 Å². The first kappa shape index (κ1) is 12.7. The molecule has 0 unspecified atom stereocenters. The van der Waals surface area contributed by atoms with E-state index in [-0.39, 0.29) is 5.69 Å². The number of rotatable bonds is 5. The number of hydrogen-bond acceptors (Lipinski definition) is 6. The van der Waals surface area contributed by atoms with E-state index in [0.717, 1.165) is 0 Å². The van der Waals surface area contributed by atoms with Gasteiger partial charge in [0.1, 0.15) is 0 Å². The van der Waals surface area contributed by atoms with Gasteiger partial charge in [-0.3, -0.25) is 10.1 Å². The lowest BCUT2D eigenvalue weighted by Crippen LogP contribution is -2.14. The van der Waals surface area contributed by atoms with Gasteiger partial charge in [-0.15, -0.1) is 0 Å². The zero-order chi connectivity index (χ0) is 13.0. The standard InChI is InChI=1S/C10H9BrN4O3/c11-8-2-1-7(9(3-8)15(16)17)4-12-5-10-13-6-18-14-10/h1-3,6,12H,4-5H2. The maximum Gasteiger partial charge on any atom is 0.275 e. The monoisotopic (exact) mass is 312 g/mol. The van der Waals surface area contributed by atoms with Gasteiger partial charge in [0.15, 0.2) is 5.82 Å². The molecule has 0 amide bonds. The average Bonchev–Trinajstić information content (AvgIpc) is 2.84. The van der Waals surface area contributed by atoms with Crippen molar-refractivity contribution in [3.8, 4) is 0 Å². The summed E-state index contributed by atoms with van der Waals surface area (Å²) < 4.78 is 5.26. The Morgan fingerprint density at radius 1 is 1.44 bits per heavy atom. The zero-order valence-electron chi connectivity index (χ0n) is 9.17. The summed E-state index contributed by atoms with van der Waals surface area (Å²) >= 11 is 3.21. The predicted octanol–water partition coefficient (Wildman–Crippen LogP) is 2.03. The third-order valence-corrected chi connectivity index (χ3v) is 2.74. The molecule has 0 saturated carbocycles. The van der Waals surface area contributed by atoms with E-state index in [0.29, 0.717) is 29.0 Å². The lowest BCUT2D eigenvalue weighted by Gasteiger charge is -2.04. The van der Waals surface area contributed by atoms with Crippen LogP contribution in [0.3, 0.4) is 0 Å². The van der Waals surface area contributed by atoms with E-state index in [1.165, 1.54) is 12.5 Å². The molecule has 0 bridgehead atoms. The van der Waals surface area contributed by atoms with Gasteiger partial charge < -0.3 is 9.84 Å². The molecule has 1 N–H and O–H groups in total. The van der Waals surface area contributed by atoms with Gasteiger partial charge in [0.05, 0.1) is 11.5 Å². The van der Waals surface area contributed by atoms with Crippen molar-refractivity contribution in [1.82, 2.24) is 15.5 Å². The Morgan fingerprint density at radius 3 is 2.94 bits per heavy atom. The molecule has 1 aromatic carbocycles. The molecule has 2 aromatic rings. The maximum absolute atomic E-state index is 10.9. The largest absolute Gasteiger partial charge is 0.343 e. The first-order chi connectivity index (χ1) is 8.66. The first-order valence-electron chi connectivity index (χ1n) is 5.05. The average molecular weight is 313 g/mol. The zero-order valence-corrected chi connectivity index (χ0v) is 10.8. The molecule has 0 aliphatic carbocycles. The minimum Gasteiger partial charge on any atom is -0.343 e. The minimum atomic E-state index is -0.407. The van der Waals surface area contributed by atoms with E-state index in [1.807, 2.05) is 0 Å². The summed E-state index contributed by atoms with van der Waals surface area (Å²) in [6.45, 7) is 0.752. The highest BCUT2D eigenvalue weighted by Crippen LogP contribution is 2.23. The van der Waals surface area contributed by atoms with Crippen LogP contribution < -0.4 is 5.32 Å². The Bertz CT molecular complexity index is 544. The van der Waals surface area contributed by atoms with Crippen molar-refractivity contribution in [2.45, 2.75) is 13.1 Å². The molecular weight excluding hydrogens is 304 g/mol. The van der Waals surface area contributed by atoms with Gasteiger partial charge in [-0.1, -0.05) is 21.1 Å². The summed E-state index contributed by atoms with van der Waals surface area (Å²) in [7, 11) is 0. The van der Waals surface area contributed by atoms with Crippen molar-refractivity contribution in [3.63, 3.8) is 0 Å². The molecule has 94 valence electrons. The highest BCUT2D eigenvalue weighted by Gasteiger charge is 2.13. The smallest absolute Gasteiger partial charge is 0.275 e. The molecule has 0 aliphatic heterocycles. The Hall–Kier alpha value is -1.80. The Morgan fingerprint density at radius 2 is 2.28 bits per heavy atom.